The van der Waals surface area contributed by atoms with Crippen molar-refractivity contribution in [2.24, 2.45) is 0 Å². The lowest BCUT2D eigenvalue weighted by Crippen LogP contribution is -2.06. The molecule has 1 N–H and O–H groups in total. The molecule has 0 saturated heterocycles. The van der Waals surface area contributed by atoms with E-state index in [1.54, 1.807) is 6.20 Å². The summed E-state index contributed by atoms with van der Waals surface area (Å²) in [7, 11) is 0. The molecule has 18 heavy (non-hydrogen) atoms. The van der Waals surface area contributed by atoms with E-state index in [1.165, 1.54) is 0 Å². The summed E-state index contributed by atoms with van der Waals surface area (Å²) in [6.07, 6.45) is 2.79. The molecule has 0 atom stereocenters. The molecular weight excluding hydrogens is 248 g/mol. The van der Waals surface area contributed by atoms with Gasteiger partial charge in [0.1, 0.15) is 0 Å². The van der Waals surface area contributed by atoms with E-state index in [0.717, 1.165) is 42.8 Å². The van der Waals surface area contributed by atoms with Crippen LogP contribution in [0.4, 0.5) is 5.69 Å². The fourth-order valence-corrected chi connectivity index (χ4v) is 1.98. The van der Waals surface area contributed by atoms with Crippen LogP contribution in [0, 0.1) is 0 Å². The molecule has 4 heteroatoms. The van der Waals surface area contributed by atoms with Gasteiger partial charge in [-0.15, -0.1) is 0 Å². The van der Waals surface area contributed by atoms with Gasteiger partial charge in [0.05, 0.1) is 5.52 Å². The van der Waals surface area contributed by atoms with E-state index in [2.05, 4.69) is 10.3 Å². The second-order valence-electron chi connectivity index (χ2n) is 4.00. The van der Waals surface area contributed by atoms with Crippen molar-refractivity contribution in [1.29, 1.82) is 0 Å². The third-order valence-corrected chi connectivity index (χ3v) is 2.92. The number of nitrogens with zero attached hydrogens (tertiary/aromatic N) is 1. The van der Waals surface area contributed by atoms with Crippen molar-refractivity contribution >= 4 is 28.2 Å². The predicted molar refractivity (Wildman–Crippen MR) is 76.4 cm³/mol. The van der Waals surface area contributed by atoms with Gasteiger partial charge in [-0.2, -0.15) is 0 Å². The lowest BCUT2D eigenvalue weighted by molar-refractivity contribution is 0.147. The number of ether oxygens (including phenoxy) is 1. The van der Waals surface area contributed by atoms with Crippen LogP contribution < -0.4 is 5.32 Å². The minimum absolute atomic E-state index is 0.712. The van der Waals surface area contributed by atoms with E-state index in [4.69, 9.17) is 16.3 Å². The number of hydrogen-bond acceptors (Lipinski definition) is 3. The van der Waals surface area contributed by atoms with Gasteiger partial charge in [-0.25, -0.2) is 0 Å². The van der Waals surface area contributed by atoms with Crippen molar-refractivity contribution < 1.29 is 4.74 Å². The Morgan fingerprint density at radius 1 is 1.33 bits per heavy atom. The van der Waals surface area contributed by atoms with Gasteiger partial charge in [0.2, 0.25) is 0 Å². The Labute approximate surface area is 112 Å². The maximum absolute atomic E-state index is 5.96. The van der Waals surface area contributed by atoms with Crippen molar-refractivity contribution in [3.05, 3.63) is 35.5 Å². The number of anilines is 1. The Morgan fingerprint density at radius 2 is 2.22 bits per heavy atom. The molecule has 3 nitrogen and oxygen atoms in total. The molecule has 0 fully saturated rings. The molecule has 0 saturated carbocycles. The first-order chi connectivity index (χ1) is 8.81. The quantitative estimate of drug-likeness (QED) is 0.808. The van der Waals surface area contributed by atoms with Crippen LogP contribution >= 0.6 is 11.6 Å². The van der Waals surface area contributed by atoms with Crippen molar-refractivity contribution in [1.82, 2.24) is 4.98 Å². The molecule has 0 radical (unpaired) electrons. The van der Waals surface area contributed by atoms with Gasteiger partial charge < -0.3 is 10.1 Å². The minimum Gasteiger partial charge on any atom is -0.384 e. The number of aromatic nitrogens is 1. The summed E-state index contributed by atoms with van der Waals surface area (Å²) in [5, 5.41) is 5.21. The van der Waals surface area contributed by atoms with Gasteiger partial charge in [-0.3, -0.25) is 4.98 Å². The summed E-state index contributed by atoms with van der Waals surface area (Å²) < 4.78 is 5.30. The highest BCUT2D eigenvalue weighted by Crippen LogP contribution is 2.24. The Balaban J connectivity index is 2.04. The second kappa shape index (κ2) is 6.57. The number of pyridine rings is 1. The van der Waals surface area contributed by atoms with E-state index >= 15 is 0 Å². The van der Waals surface area contributed by atoms with E-state index in [9.17, 15) is 0 Å². The van der Waals surface area contributed by atoms with Gasteiger partial charge in [-0.05, 0) is 37.6 Å². The fraction of sp³-hybridized carbons (Fsp3) is 0.357. The molecule has 0 aliphatic carbocycles. The topological polar surface area (TPSA) is 34.1 Å². The molecular formula is C14H17ClN2O. The van der Waals surface area contributed by atoms with Crippen LogP contribution in [0.3, 0.4) is 0 Å². The van der Waals surface area contributed by atoms with Gasteiger partial charge in [0.25, 0.3) is 0 Å². The van der Waals surface area contributed by atoms with E-state index in [1.807, 2.05) is 31.2 Å². The highest BCUT2D eigenvalue weighted by atomic mass is 35.5. The van der Waals surface area contributed by atoms with Crippen molar-refractivity contribution in [2.45, 2.75) is 13.3 Å². The van der Waals surface area contributed by atoms with Gasteiger partial charge in [0.15, 0.2) is 0 Å². The molecule has 0 bridgehead atoms. The third-order valence-electron chi connectivity index (χ3n) is 2.69. The van der Waals surface area contributed by atoms with Crippen LogP contribution in [0.2, 0.25) is 5.02 Å². The van der Waals surface area contributed by atoms with Crippen LogP contribution in [0.5, 0.6) is 0 Å². The molecule has 2 rings (SSSR count). The smallest absolute Gasteiger partial charge is 0.0737 e. The predicted octanol–water partition coefficient (Wildman–Crippen LogP) is 3.73. The van der Waals surface area contributed by atoms with E-state index in [-0.39, 0.29) is 0 Å². The lowest BCUT2D eigenvalue weighted by Gasteiger charge is -2.09. The van der Waals surface area contributed by atoms with Crippen LogP contribution in [-0.4, -0.2) is 24.7 Å². The summed E-state index contributed by atoms with van der Waals surface area (Å²) in [6.45, 7) is 4.46. The molecule has 1 aromatic heterocycles. The summed E-state index contributed by atoms with van der Waals surface area (Å²) >= 11 is 5.96. The molecule has 0 spiro atoms. The van der Waals surface area contributed by atoms with Crippen LogP contribution in [-0.2, 0) is 4.74 Å². The normalized spacial score (nSPS) is 10.8. The van der Waals surface area contributed by atoms with Crippen LogP contribution in [0.25, 0.3) is 10.9 Å². The molecule has 0 unspecified atom stereocenters. The molecule has 1 heterocycles. The Kier molecular flexibility index (Phi) is 4.79. The monoisotopic (exact) mass is 264 g/mol. The number of nitrogens with one attached hydrogen (secondary N) is 1. The highest BCUT2D eigenvalue weighted by Gasteiger charge is 2.01. The summed E-state index contributed by atoms with van der Waals surface area (Å²) in [5.74, 6) is 0. The third kappa shape index (κ3) is 3.34. The first-order valence-corrected chi connectivity index (χ1v) is 6.55. The molecule has 0 aliphatic heterocycles. The first-order valence-electron chi connectivity index (χ1n) is 6.17. The number of rotatable bonds is 6. The second-order valence-corrected chi connectivity index (χ2v) is 4.43. The highest BCUT2D eigenvalue weighted by molar-refractivity contribution is 6.31. The first kappa shape index (κ1) is 13.1. The van der Waals surface area contributed by atoms with Crippen molar-refractivity contribution in [3.63, 3.8) is 0 Å². The number of fused-ring (bicyclic) bond motifs is 1. The lowest BCUT2D eigenvalue weighted by atomic mass is 10.2. The maximum atomic E-state index is 5.96. The SMILES string of the molecule is CCOCCCNc1ccnc2cc(Cl)ccc12. The van der Waals surface area contributed by atoms with Gasteiger partial charge in [-0.1, -0.05) is 11.6 Å². The largest absolute Gasteiger partial charge is 0.384 e. The van der Waals surface area contributed by atoms with E-state index < -0.39 is 0 Å². The average molecular weight is 265 g/mol. The zero-order chi connectivity index (χ0) is 12.8. The Bertz CT molecular complexity index is 516. The van der Waals surface area contributed by atoms with E-state index in [0.29, 0.717) is 5.02 Å². The zero-order valence-corrected chi connectivity index (χ0v) is 11.2. The number of halogens is 1. The number of benzene rings is 1. The minimum atomic E-state index is 0.712. The average Bonchev–Trinajstić information content (AvgIpc) is 2.38. The molecule has 0 aliphatic rings. The summed E-state index contributed by atoms with van der Waals surface area (Å²) in [6, 6.07) is 7.74. The van der Waals surface area contributed by atoms with Crippen molar-refractivity contribution in [3.8, 4) is 0 Å². The Morgan fingerprint density at radius 3 is 3.06 bits per heavy atom. The van der Waals surface area contributed by atoms with Gasteiger partial charge >= 0.3 is 0 Å². The number of hydrogen-bond donors (Lipinski definition) is 1. The molecule has 1 aromatic carbocycles. The zero-order valence-electron chi connectivity index (χ0n) is 10.4. The Hall–Kier alpha value is -1.32. The molecule has 0 amide bonds. The van der Waals surface area contributed by atoms with Gasteiger partial charge in [0, 0.05) is 42.1 Å². The molecule has 96 valence electrons. The van der Waals surface area contributed by atoms with Crippen LogP contribution in [0.15, 0.2) is 30.5 Å². The van der Waals surface area contributed by atoms with Crippen LogP contribution in [0.1, 0.15) is 13.3 Å². The molecule has 2 aromatic rings. The summed E-state index contributed by atoms with van der Waals surface area (Å²) in [4.78, 5) is 4.31. The fourth-order valence-electron chi connectivity index (χ4n) is 1.82. The maximum Gasteiger partial charge on any atom is 0.0737 e. The van der Waals surface area contributed by atoms with Crippen molar-refractivity contribution in [2.75, 3.05) is 25.1 Å². The standard InChI is InChI=1S/C14H17ClN2O/c1-2-18-9-3-7-16-13-6-8-17-14-10-11(15)4-5-12(13)14/h4-6,8,10H,2-3,7,9H2,1H3,(H,16,17). The summed E-state index contributed by atoms with van der Waals surface area (Å²) in [5.41, 5.74) is 2.01.